The minimum Gasteiger partial charge on any atom is -0.481 e. The van der Waals surface area contributed by atoms with Crippen molar-refractivity contribution in [1.82, 2.24) is 4.98 Å². The predicted octanol–water partition coefficient (Wildman–Crippen LogP) is 4.90. The molecule has 4 rings (SSSR count). The number of pyridine rings is 1. The lowest BCUT2D eigenvalue weighted by molar-refractivity contribution is 0.102. The van der Waals surface area contributed by atoms with Gasteiger partial charge in [0.15, 0.2) is 0 Å². The number of carbonyl (C=O) groups excluding carboxylic acids is 1. The van der Waals surface area contributed by atoms with E-state index in [-0.39, 0.29) is 11.7 Å². The van der Waals surface area contributed by atoms with Crippen molar-refractivity contribution in [3.63, 3.8) is 0 Å². The van der Waals surface area contributed by atoms with Crippen molar-refractivity contribution in [2.75, 3.05) is 18.2 Å². The van der Waals surface area contributed by atoms with E-state index in [2.05, 4.69) is 10.3 Å². The SMILES string of the molecule is COc1ccc(S(=O)c2ccc(C(=O)Nc3cc(-c4ccc(F)cc4)ccc3N)cc2)cn1. The maximum absolute atomic E-state index is 13.2. The Balaban J connectivity index is 1.50. The topological polar surface area (TPSA) is 94.3 Å². The van der Waals surface area contributed by atoms with Crippen LogP contribution in [0.4, 0.5) is 15.8 Å². The van der Waals surface area contributed by atoms with Gasteiger partial charge in [-0.2, -0.15) is 0 Å². The standard InChI is InChI=1S/C25H20FN3O3S/c1-32-24-13-11-21(15-28-24)33(31)20-9-4-17(5-10-20)25(30)29-23-14-18(6-12-22(23)27)16-2-7-19(26)8-3-16/h2-15H,27H2,1H3,(H,29,30). The Kier molecular flexibility index (Phi) is 6.46. The molecule has 0 fully saturated rings. The summed E-state index contributed by atoms with van der Waals surface area (Å²) in [6.07, 6.45) is 1.49. The van der Waals surface area contributed by atoms with Crippen LogP contribution in [0, 0.1) is 5.82 Å². The summed E-state index contributed by atoms with van der Waals surface area (Å²) in [6, 6.07) is 21.1. The van der Waals surface area contributed by atoms with E-state index in [1.165, 1.54) is 25.4 Å². The molecule has 0 saturated heterocycles. The molecule has 1 atom stereocenters. The molecule has 0 spiro atoms. The van der Waals surface area contributed by atoms with Gasteiger partial charge >= 0.3 is 0 Å². The van der Waals surface area contributed by atoms with E-state index in [1.807, 2.05) is 0 Å². The lowest BCUT2D eigenvalue weighted by atomic mass is 10.0. The number of rotatable bonds is 6. The number of hydrogen-bond donors (Lipinski definition) is 2. The maximum atomic E-state index is 13.2. The Labute approximate surface area is 192 Å². The van der Waals surface area contributed by atoms with Crippen molar-refractivity contribution in [2.45, 2.75) is 9.79 Å². The molecule has 3 N–H and O–H groups in total. The van der Waals surface area contributed by atoms with Crippen LogP contribution in [0.3, 0.4) is 0 Å². The van der Waals surface area contributed by atoms with Crippen LogP contribution in [0.5, 0.6) is 5.88 Å². The highest BCUT2D eigenvalue weighted by Crippen LogP contribution is 2.28. The first-order chi connectivity index (χ1) is 15.9. The highest BCUT2D eigenvalue weighted by molar-refractivity contribution is 7.85. The fraction of sp³-hybridized carbons (Fsp3) is 0.0400. The number of benzene rings is 3. The van der Waals surface area contributed by atoms with Gasteiger partial charge in [-0.25, -0.2) is 13.6 Å². The normalized spacial score (nSPS) is 11.6. The molecule has 1 unspecified atom stereocenters. The molecule has 8 heteroatoms. The van der Waals surface area contributed by atoms with Gasteiger partial charge in [-0.1, -0.05) is 18.2 Å². The number of nitrogen functional groups attached to an aromatic ring is 1. The van der Waals surface area contributed by atoms with Crippen LogP contribution >= 0.6 is 0 Å². The van der Waals surface area contributed by atoms with Crippen LogP contribution in [-0.4, -0.2) is 22.2 Å². The minimum atomic E-state index is -1.44. The fourth-order valence-corrected chi connectivity index (χ4v) is 4.14. The Morgan fingerprint density at radius 2 is 1.61 bits per heavy atom. The number of anilines is 2. The molecule has 0 aliphatic heterocycles. The van der Waals surface area contributed by atoms with Crippen molar-refractivity contribution >= 4 is 28.1 Å². The lowest BCUT2D eigenvalue weighted by Crippen LogP contribution is -2.13. The smallest absolute Gasteiger partial charge is 0.255 e. The van der Waals surface area contributed by atoms with Gasteiger partial charge in [0.25, 0.3) is 5.91 Å². The molecule has 33 heavy (non-hydrogen) atoms. The molecule has 4 aromatic rings. The Hall–Kier alpha value is -4.04. The minimum absolute atomic E-state index is 0.324. The van der Waals surface area contributed by atoms with Crippen molar-refractivity contribution in [2.24, 2.45) is 0 Å². The number of nitrogens with zero attached hydrogens (tertiary/aromatic N) is 1. The van der Waals surface area contributed by atoms with Gasteiger partial charge in [0, 0.05) is 22.7 Å². The highest BCUT2D eigenvalue weighted by atomic mass is 32.2. The molecule has 3 aromatic carbocycles. The molecular formula is C25H20FN3O3S. The van der Waals surface area contributed by atoms with Gasteiger partial charge in [0.05, 0.1) is 34.2 Å². The summed E-state index contributed by atoms with van der Waals surface area (Å²) >= 11 is 0. The second kappa shape index (κ2) is 9.62. The quantitative estimate of drug-likeness (QED) is 0.399. The van der Waals surface area contributed by atoms with Gasteiger partial charge in [0.1, 0.15) is 5.82 Å². The average Bonchev–Trinajstić information content (AvgIpc) is 2.85. The van der Waals surface area contributed by atoms with Crippen molar-refractivity contribution in [3.8, 4) is 17.0 Å². The van der Waals surface area contributed by atoms with Crippen molar-refractivity contribution < 1.29 is 18.1 Å². The van der Waals surface area contributed by atoms with Crippen molar-refractivity contribution in [3.05, 3.63) is 96.4 Å². The Morgan fingerprint density at radius 1 is 0.939 bits per heavy atom. The largest absolute Gasteiger partial charge is 0.481 e. The first kappa shape index (κ1) is 22.2. The van der Waals surface area contributed by atoms with E-state index >= 15 is 0 Å². The first-order valence-corrected chi connectivity index (χ1v) is 11.1. The number of nitrogens with one attached hydrogen (secondary N) is 1. The zero-order valence-electron chi connectivity index (χ0n) is 17.6. The van der Waals surface area contributed by atoms with E-state index in [1.54, 1.807) is 66.7 Å². The summed E-state index contributed by atoms with van der Waals surface area (Å²) in [5.41, 5.74) is 8.85. The summed E-state index contributed by atoms with van der Waals surface area (Å²) in [5, 5.41) is 2.80. The average molecular weight is 462 g/mol. The molecule has 0 saturated carbocycles. The first-order valence-electron chi connectivity index (χ1n) is 9.93. The van der Waals surface area contributed by atoms with Gasteiger partial charge in [0.2, 0.25) is 5.88 Å². The number of ether oxygens (including phenoxy) is 1. The summed E-state index contributed by atoms with van der Waals surface area (Å²) in [6.45, 7) is 0. The third kappa shape index (κ3) is 5.07. The summed E-state index contributed by atoms with van der Waals surface area (Å²) in [7, 11) is 0.0667. The number of amides is 1. The molecule has 0 radical (unpaired) electrons. The number of aromatic nitrogens is 1. The van der Waals surface area contributed by atoms with Crippen LogP contribution in [0.15, 0.2) is 94.9 Å². The number of carbonyl (C=O) groups is 1. The number of hydrogen-bond acceptors (Lipinski definition) is 5. The molecular weight excluding hydrogens is 441 g/mol. The van der Waals surface area contributed by atoms with Gasteiger partial charge in [-0.05, 0) is 65.7 Å². The molecule has 166 valence electrons. The zero-order valence-corrected chi connectivity index (χ0v) is 18.4. The van der Waals surface area contributed by atoms with E-state index in [0.29, 0.717) is 32.6 Å². The third-order valence-electron chi connectivity index (χ3n) is 4.94. The highest BCUT2D eigenvalue weighted by Gasteiger charge is 2.12. The number of halogens is 1. The van der Waals surface area contributed by atoms with Gasteiger partial charge in [-0.15, -0.1) is 0 Å². The molecule has 0 aliphatic rings. The summed E-state index contributed by atoms with van der Waals surface area (Å²) in [5.74, 6) is -0.248. The Bertz CT molecular complexity index is 1310. The third-order valence-corrected chi connectivity index (χ3v) is 6.31. The lowest BCUT2D eigenvalue weighted by Gasteiger charge is -2.11. The van der Waals surface area contributed by atoms with E-state index in [4.69, 9.17) is 10.5 Å². The molecule has 0 aliphatic carbocycles. The van der Waals surface area contributed by atoms with Crippen LogP contribution in [0.2, 0.25) is 0 Å². The van der Waals surface area contributed by atoms with E-state index < -0.39 is 10.8 Å². The summed E-state index contributed by atoms with van der Waals surface area (Å²) < 4.78 is 31.0. The Morgan fingerprint density at radius 3 is 2.24 bits per heavy atom. The molecule has 6 nitrogen and oxygen atoms in total. The summed E-state index contributed by atoms with van der Waals surface area (Å²) in [4.78, 5) is 17.9. The molecule has 1 amide bonds. The van der Waals surface area contributed by atoms with Crippen LogP contribution < -0.4 is 15.8 Å². The van der Waals surface area contributed by atoms with E-state index in [0.717, 1.165) is 11.1 Å². The van der Waals surface area contributed by atoms with Crippen LogP contribution in [0.1, 0.15) is 10.4 Å². The maximum Gasteiger partial charge on any atom is 0.255 e. The zero-order chi connectivity index (χ0) is 23.4. The predicted molar refractivity (Wildman–Crippen MR) is 126 cm³/mol. The second-order valence-electron chi connectivity index (χ2n) is 7.09. The van der Waals surface area contributed by atoms with Crippen LogP contribution in [0.25, 0.3) is 11.1 Å². The van der Waals surface area contributed by atoms with E-state index in [9.17, 15) is 13.4 Å². The number of nitrogens with two attached hydrogens (primary N) is 1. The van der Waals surface area contributed by atoms with Gasteiger partial charge in [-0.3, -0.25) is 4.79 Å². The number of methoxy groups -OCH3 is 1. The van der Waals surface area contributed by atoms with Gasteiger partial charge < -0.3 is 15.8 Å². The monoisotopic (exact) mass is 461 g/mol. The molecule has 1 aromatic heterocycles. The molecule has 1 heterocycles. The fourth-order valence-electron chi connectivity index (χ4n) is 3.14. The molecule has 0 bridgehead atoms. The second-order valence-corrected chi connectivity index (χ2v) is 8.57. The van der Waals surface area contributed by atoms with Crippen molar-refractivity contribution in [1.29, 1.82) is 0 Å². The van der Waals surface area contributed by atoms with Crippen LogP contribution in [-0.2, 0) is 10.8 Å².